The Morgan fingerprint density at radius 1 is 0.121 bits per heavy atom. The highest BCUT2D eigenvalue weighted by Crippen LogP contribution is 2.56. The van der Waals surface area contributed by atoms with E-state index in [0.29, 0.717) is 0 Å². The van der Waals surface area contributed by atoms with Crippen molar-refractivity contribution in [1.29, 1.82) is 0 Å². The highest BCUT2D eigenvalue weighted by atomic mass is 14.4. The van der Waals surface area contributed by atoms with E-state index in [2.05, 4.69) is 477 Å². The summed E-state index contributed by atoms with van der Waals surface area (Å²) in [5.74, 6) is 0. The molecule has 0 bridgehead atoms. The average Bonchev–Trinajstić information content (AvgIpc) is 1.55. The Balaban J connectivity index is 0.000000155. The molecule has 0 unspecified atom stereocenters. The Labute approximate surface area is 724 Å². The minimum Gasteiger partial charge on any atom is -0.0622 e. The molecular weight excluding hydrogens is 1490 g/mol. The van der Waals surface area contributed by atoms with Crippen LogP contribution in [0.1, 0.15) is 49.9 Å². The van der Waals surface area contributed by atoms with E-state index in [-0.39, 0.29) is 10.8 Å². The molecule has 0 aromatic heterocycles. The Hall–Kier alpha value is -15.3. The third-order valence-corrected chi connectivity index (χ3v) is 27.2. The molecule has 22 aromatic carbocycles. The van der Waals surface area contributed by atoms with Gasteiger partial charge in [-0.05, 0) is 267 Å². The van der Waals surface area contributed by atoms with E-state index in [9.17, 15) is 0 Å². The third kappa shape index (κ3) is 12.3. The monoisotopic (exact) mass is 1570 g/mol. The van der Waals surface area contributed by atoms with Crippen LogP contribution in [-0.4, -0.2) is 0 Å². The topological polar surface area (TPSA) is 0 Å². The molecule has 2 aliphatic carbocycles. The fourth-order valence-electron chi connectivity index (χ4n) is 21.1. The van der Waals surface area contributed by atoms with Gasteiger partial charge in [-0.2, -0.15) is 0 Å². The molecule has 0 saturated heterocycles. The maximum absolute atomic E-state index is 2.51. The van der Waals surface area contributed by atoms with Crippen LogP contribution in [-0.2, 0) is 10.8 Å². The lowest BCUT2D eigenvalue weighted by atomic mass is 9.79. The predicted octanol–water partition coefficient (Wildman–Crippen LogP) is 34.4. The van der Waals surface area contributed by atoms with Crippen molar-refractivity contribution in [2.75, 3.05) is 0 Å². The maximum atomic E-state index is 2.51. The van der Waals surface area contributed by atoms with Crippen molar-refractivity contribution in [1.82, 2.24) is 0 Å². The van der Waals surface area contributed by atoms with E-state index in [0.717, 1.165) is 0 Å². The van der Waals surface area contributed by atoms with Gasteiger partial charge in [-0.25, -0.2) is 0 Å². The van der Waals surface area contributed by atoms with Crippen LogP contribution >= 0.6 is 0 Å². The fourth-order valence-corrected chi connectivity index (χ4v) is 21.1. The molecule has 0 amide bonds. The second-order valence-electron chi connectivity index (χ2n) is 34.7. The quantitative estimate of drug-likeness (QED) is 0.113. The predicted molar refractivity (Wildman–Crippen MR) is 530 cm³/mol. The van der Waals surface area contributed by atoms with Crippen LogP contribution in [0.25, 0.3) is 220 Å². The molecule has 0 radical (unpaired) electrons. The molecule has 0 N–H and O–H groups in total. The number of hydrogen-bond acceptors (Lipinski definition) is 0. The normalized spacial score (nSPS) is 12.8. The van der Waals surface area contributed by atoms with E-state index in [1.165, 1.54) is 242 Å². The van der Waals surface area contributed by atoms with E-state index in [1.807, 2.05) is 0 Å². The summed E-state index contributed by atoms with van der Waals surface area (Å²) < 4.78 is 0. The largest absolute Gasteiger partial charge is 0.0622 e. The molecule has 2 aliphatic rings. The first kappa shape index (κ1) is 73.8. The fraction of sp³-hybridized carbons (Fsp3) is 0.0484. The second kappa shape index (κ2) is 29.8. The van der Waals surface area contributed by atoms with Gasteiger partial charge in [0.1, 0.15) is 0 Å². The van der Waals surface area contributed by atoms with E-state index < -0.39 is 0 Å². The summed E-state index contributed by atoms with van der Waals surface area (Å²) in [6, 6.07) is 167. The second-order valence-corrected chi connectivity index (χ2v) is 34.7. The van der Waals surface area contributed by atoms with Crippen molar-refractivity contribution in [3.05, 3.63) is 471 Å². The SMILES string of the molecule is CC1(C)c2ccccc2-c2ccc(-c3c4ccccc4c(-c4ccc5c(c4)C(C)(C)c4ccccc4-5)c4cc(-c5ccc(-c6c7ccccc7c(-c7cccc8ccccc78)c7ccccc67)cc5)ccc34)cc21.c1ccc(-c2ccc(-c3ccc4c(-c5ccc(-c6ccccc6)cc5)c5ccccc5c(-c5ccc(-c6ccccc6)cc5)c4c3)cc2)cc1. The van der Waals surface area contributed by atoms with Gasteiger partial charge >= 0.3 is 0 Å². The molecule has 0 fully saturated rings. The van der Waals surface area contributed by atoms with Gasteiger partial charge in [0.15, 0.2) is 0 Å². The number of hydrogen-bond donors (Lipinski definition) is 0. The van der Waals surface area contributed by atoms with Gasteiger partial charge in [-0.3, -0.25) is 0 Å². The van der Waals surface area contributed by atoms with E-state index in [4.69, 9.17) is 0 Å². The molecule has 0 heteroatoms. The zero-order valence-corrected chi connectivity index (χ0v) is 69.7. The van der Waals surface area contributed by atoms with Gasteiger partial charge in [-0.15, -0.1) is 0 Å². The van der Waals surface area contributed by atoms with Gasteiger partial charge in [-0.1, -0.05) is 452 Å². The number of fused-ring (bicyclic) bond motifs is 13. The summed E-state index contributed by atoms with van der Waals surface area (Å²) in [6.45, 7) is 9.55. The summed E-state index contributed by atoms with van der Waals surface area (Å²) in [5.41, 5.74) is 37.9. The van der Waals surface area contributed by atoms with Crippen molar-refractivity contribution < 1.29 is 0 Å². The summed E-state index contributed by atoms with van der Waals surface area (Å²) in [6.07, 6.45) is 0. The molecule has 0 spiro atoms. The lowest BCUT2D eigenvalue weighted by Crippen LogP contribution is -2.15. The van der Waals surface area contributed by atoms with Gasteiger partial charge in [0, 0.05) is 10.8 Å². The summed E-state index contributed by atoms with van der Waals surface area (Å²) >= 11 is 0. The minimum absolute atomic E-state index is 0.112. The highest BCUT2D eigenvalue weighted by Gasteiger charge is 2.38. The molecule has 22 aromatic rings. The molecule has 0 aliphatic heterocycles. The first-order valence-corrected chi connectivity index (χ1v) is 43.5. The van der Waals surface area contributed by atoms with Crippen LogP contribution in [0, 0.1) is 0 Å². The van der Waals surface area contributed by atoms with Crippen LogP contribution in [0.15, 0.2) is 449 Å². The van der Waals surface area contributed by atoms with Crippen LogP contribution in [0.3, 0.4) is 0 Å². The summed E-state index contributed by atoms with van der Waals surface area (Å²) in [7, 11) is 0. The molecule has 0 atom stereocenters. The Kier molecular flexibility index (Phi) is 17.7. The average molecular weight is 1580 g/mol. The van der Waals surface area contributed by atoms with Crippen LogP contribution in [0.2, 0.25) is 0 Å². The summed E-state index contributed by atoms with van der Waals surface area (Å²) in [4.78, 5) is 0. The maximum Gasteiger partial charge on any atom is 0.0159 e. The van der Waals surface area contributed by atoms with Gasteiger partial charge in [0.25, 0.3) is 0 Å². The van der Waals surface area contributed by atoms with Crippen LogP contribution < -0.4 is 0 Å². The molecule has 24 rings (SSSR count). The van der Waals surface area contributed by atoms with Crippen molar-refractivity contribution in [3.8, 4) is 145 Å². The van der Waals surface area contributed by atoms with E-state index in [1.54, 1.807) is 0 Å². The van der Waals surface area contributed by atoms with Crippen molar-refractivity contribution in [2.45, 2.75) is 38.5 Å². The van der Waals surface area contributed by atoms with Crippen molar-refractivity contribution in [2.24, 2.45) is 0 Å². The lowest BCUT2D eigenvalue weighted by molar-refractivity contribution is 0.660. The zero-order chi connectivity index (χ0) is 82.7. The van der Waals surface area contributed by atoms with Gasteiger partial charge in [0.2, 0.25) is 0 Å². The first-order valence-electron chi connectivity index (χ1n) is 43.5. The highest BCUT2D eigenvalue weighted by molar-refractivity contribution is 6.26. The van der Waals surface area contributed by atoms with Crippen LogP contribution in [0.5, 0.6) is 0 Å². The van der Waals surface area contributed by atoms with E-state index >= 15 is 0 Å². The Morgan fingerprint density at radius 2 is 0.347 bits per heavy atom. The minimum atomic E-state index is -0.123. The van der Waals surface area contributed by atoms with Crippen molar-refractivity contribution in [3.63, 3.8) is 0 Å². The Bertz CT molecular complexity index is 7940. The molecule has 124 heavy (non-hydrogen) atoms. The van der Waals surface area contributed by atoms with Crippen LogP contribution in [0.4, 0.5) is 0 Å². The molecule has 0 saturated carbocycles. The van der Waals surface area contributed by atoms with Crippen molar-refractivity contribution >= 4 is 75.4 Å². The summed E-state index contributed by atoms with van der Waals surface area (Å²) in [5, 5.41) is 17.7. The Morgan fingerprint density at radius 3 is 0.718 bits per heavy atom. The van der Waals surface area contributed by atoms with Gasteiger partial charge < -0.3 is 0 Å². The standard InChI is InChI=1S/C74H52.C50H34/c1-73(2)65-30-15-13-21-52(65)54-39-37-49(43-67(54)73)70-57-23-7-8-24-58(57)71(50-38-40-55-53-22-14-16-31-66(53)74(3,4)68(55)44-50)64-42-48(36-41-63(64)70)45-32-34-47(35-33-45)69-59-25-9-11-27-61(59)72(62-28-12-10-26-60(62)69)56-29-17-19-46-18-5-6-20-51(46)56;1-4-12-35(13-5-1)38-20-22-41(23-21-38)44-32-33-47-48(34-44)50(43-30-26-40(27-31-43)37-16-8-3-9-17-37)46-19-11-10-18-45(46)49(47)42-28-24-39(25-29-42)36-14-6-2-7-15-36/h5-44H,1-4H3;1-34H. The first-order chi connectivity index (χ1) is 61.0. The number of rotatable bonds is 11. The number of benzene rings is 22. The smallest absolute Gasteiger partial charge is 0.0159 e. The zero-order valence-electron chi connectivity index (χ0n) is 69.7. The third-order valence-electron chi connectivity index (χ3n) is 27.2. The lowest BCUT2D eigenvalue weighted by Gasteiger charge is -2.24. The van der Waals surface area contributed by atoms with Gasteiger partial charge in [0.05, 0.1) is 0 Å². The molecular formula is C124H86. The molecule has 0 nitrogen and oxygen atoms in total. The molecule has 0 heterocycles. The molecule has 582 valence electrons.